The molecule has 31 heavy (non-hydrogen) atoms. The smallest absolute Gasteiger partial charge is 0.254 e. The number of hydrogen-bond acceptors (Lipinski definition) is 6. The van der Waals surface area contributed by atoms with Crippen LogP contribution in [0.25, 0.3) is 33.5 Å². The van der Waals surface area contributed by atoms with Crippen molar-refractivity contribution >= 4 is 22.6 Å². The molecule has 0 bridgehead atoms. The van der Waals surface area contributed by atoms with Gasteiger partial charge in [0.15, 0.2) is 5.82 Å². The van der Waals surface area contributed by atoms with Crippen LogP contribution in [-0.2, 0) is 0 Å². The summed E-state index contributed by atoms with van der Waals surface area (Å²) < 4.78 is 1.60. The number of carbonyl (C=O) groups excluding carboxylic acids is 1. The Kier molecular flexibility index (Phi) is 4.26. The normalized spacial score (nSPS) is 20.5. The summed E-state index contributed by atoms with van der Waals surface area (Å²) >= 11 is 0. The van der Waals surface area contributed by atoms with Gasteiger partial charge in [0.05, 0.1) is 17.2 Å². The SMILES string of the molecule is CC1(O)CC(n2nc(-c3ccc4cnc(-c5ccccc5)nc4c3)c(C(N)=O)c2N)C1. The van der Waals surface area contributed by atoms with Gasteiger partial charge in [0.1, 0.15) is 17.1 Å². The highest BCUT2D eigenvalue weighted by molar-refractivity contribution is 6.04. The van der Waals surface area contributed by atoms with Gasteiger partial charge in [-0.05, 0) is 25.8 Å². The van der Waals surface area contributed by atoms with Crippen molar-refractivity contribution in [2.24, 2.45) is 5.73 Å². The molecule has 0 aliphatic heterocycles. The van der Waals surface area contributed by atoms with Crippen LogP contribution < -0.4 is 11.5 Å². The molecular weight excluding hydrogens is 392 g/mol. The molecule has 0 atom stereocenters. The number of anilines is 1. The van der Waals surface area contributed by atoms with Gasteiger partial charge in [-0.2, -0.15) is 5.10 Å². The highest BCUT2D eigenvalue weighted by Gasteiger charge is 2.41. The topological polar surface area (TPSA) is 133 Å². The number of carbonyl (C=O) groups is 1. The summed E-state index contributed by atoms with van der Waals surface area (Å²) in [5.74, 6) is 0.190. The third-order valence-corrected chi connectivity index (χ3v) is 5.78. The van der Waals surface area contributed by atoms with E-state index in [4.69, 9.17) is 16.5 Å². The van der Waals surface area contributed by atoms with Crippen molar-refractivity contribution in [3.8, 4) is 22.6 Å². The zero-order valence-corrected chi connectivity index (χ0v) is 17.0. The van der Waals surface area contributed by atoms with Crippen molar-refractivity contribution in [2.45, 2.75) is 31.4 Å². The molecule has 0 spiro atoms. The van der Waals surface area contributed by atoms with Gasteiger partial charge in [-0.15, -0.1) is 0 Å². The molecule has 2 heterocycles. The Hall–Kier alpha value is -3.78. The molecule has 4 aromatic rings. The summed E-state index contributed by atoms with van der Waals surface area (Å²) in [4.78, 5) is 21.3. The molecule has 1 saturated carbocycles. The van der Waals surface area contributed by atoms with E-state index in [1.165, 1.54) is 0 Å². The van der Waals surface area contributed by atoms with Crippen LogP contribution >= 0.6 is 0 Å². The monoisotopic (exact) mass is 414 g/mol. The predicted octanol–water partition coefficient (Wildman–Crippen LogP) is 2.93. The molecule has 0 unspecified atom stereocenters. The van der Waals surface area contributed by atoms with Gasteiger partial charge >= 0.3 is 0 Å². The van der Waals surface area contributed by atoms with Gasteiger partial charge in [0.2, 0.25) is 0 Å². The third-order valence-electron chi connectivity index (χ3n) is 5.78. The standard InChI is InChI=1S/C23H22N6O2/c1-23(31)10-16(11-23)29-20(24)18(21(25)30)19(28-29)14-7-8-15-12-26-22(27-17(15)9-14)13-5-3-2-4-6-13/h2-9,12,16,31H,10-11,24H2,1H3,(H2,25,30). The van der Waals surface area contributed by atoms with E-state index in [-0.39, 0.29) is 17.4 Å². The van der Waals surface area contributed by atoms with E-state index in [1.54, 1.807) is 17.8 Å². The van der Waals surface area contributed by atoms with Crippen LogP contribution in [0.4, 0.5) is 5.82 Å². The minimum atomic E-state index is -0.746. The lowest BCUT2D eigenvalue weighted by Gasteiger charge is -2.41. The Balaban J connectivity index is 1.61. The number of benzene rings is 2. The molecule has 1 aliphatic rings. The van der Waals surface area contributed by atoms with Crippen molar-refractivity contribution in [1.29, 1.82) is 0 Å². The van der Waals surface area contributed by atoms with Crippen LogP contribution in [0.5, 0.6) is 0 Å². The number of amides is 1. The average molecular weight is 414 g/mol. The largest absolute Gasteiger partial charge is 0.390 e. The van der Waals surface area contributed by atoms with Crippen LogP contribution in [0.3, 0.4) is 0 Å². The molecule has 0 radical (unpaired) electrons. The third kappa shape index (κ3) is 3.30. The number of aromatic nitrogens is 4. The van der Waals surface area contributed by atoms with Crippen molar-refractivity contribution < 1.29 is 9.90 Å². The summed E-state index contributed by atoms with van der Waals surface area (Å²) in [6, 6.07) is 15.2. The van der Waals surface area contributed by atoms with E-state index in [9.17, 15) is 9.90 Å². The zero-order chi connectivity index (χ0) is 21.8. The lowest BCUT2D eigenvalue weighted by Crippen LogP contribution is -2.42. The first kappa shape index (κ1) is 19.2. The van der Waals surface area contributed by atoms with Gasteiger partial charge in [-0.1, -0.05) is 42.5 Å². The summed E-state index contributed by atoms with van der Waals surface area (Å²) in [7, 11) is 0. The van der Waals surface area contributed by atoms with Crippen molar-refractivity contribution in [2.75, 3.05) is 5.73 Å². The number of primary amides is 1. The van der Waals surface area contributed by atoms with E-state index in [0.29, 0.717) is 29.9 Å². The number of nitrogens with two attached hydrogens (primary N) is 2. The summed E-state index contributed by atoms with van der Waals surface area (Å²) in [6.07, 6.45) is 2.80. The summed E-state index contributed by atoms with van der Waals surface area (Å²) in [6.45, 7) is 1.77. The van der Waals surface area contributed by atoms with Crippen molar-refractivity contribution in [3.63, 3.8) is 0 Å². The fourth-order valence-corrected chi connectivity index (χ4v) is 4.20. The van der Waals surface area contributed by atoms with E-state index in [2.05, 4.69) is 10.1 Å². The van der Waals surface area contributed by atoms with Gasteiger partial charge in [0.25, 0.3) is 5.91 Å². The molecule has 5 rings (SSSR count). The molecule has 1 amide bonds. The van der Waals surface area contributed by atoms with Crippen LogP contribution in [-0.4, -0.2) is 36.4 Å². The maximum absolute atomic E-state index is 12.2. The number of fused-ring (bicyclic) bond motifs is 1. The van der Waals surface area contributed by atoms with Gasteiger partial charge in [-0.3, -0.25) is 4.79 Å². The number of nitrogens with zero attached hydrogens (tertiary/aromatic N) is 4. The predicted molar refractivity (Wildman–Crippen MR) is 118 cm³/mol. The van der Waals surface area contributed by atoms with Gasteiger partial charge in [-0.25, -0.2) is 14.6 Å². The van der Waals surface area contributed by atoms with E-state index in [1.807, 2.05) is 48.5 Å². The molecule has 2 aromatic carbocycles. The van der Waals surface area contributed by atoms with Gasteiger partial charge < -0.3 is 16.6 Å². The molecule has 156 valence electrons. The Labute approximate surface area is 178 Å². The number of aliphatic hydroxyl groups is 1. The fourth-order valence-electron chi connectivity index (χ4n) is 4.20. The first-order valence-electron chi connectivity index (χ1n) is 10.1. The number of rotatable bonds is 4. The summed E-state index contributed by atoms with van der Waals surface area (Å²) in [5.41, 5.74) is 14.1. The molecule has 1 aliphatic carbocycles. The Morgan fingerprint density at radius 2 is 1.90 bits per heavy atom. The lowest BCUT2D eigenvalue weighted by atomic mass is 9.77. The minimum absolute atomic E-state index is 0.0747. The van der Waals surface area contributed by atoms with E-state index in [0.717, 1.165) is 16.5 Å². The molecule has 2 aromatic heterocycles. The van der Waals surface area contributed by atoms with Crippen molar-refractivity contribution in [3.05, 3.63) is 60.3 Å². The maximum atomic E-state index is 12.2. The van der Waals surface area contributed by atoms with Crippen LogP contribution in [0.2, 0.25) is 0 Å². The second-order valence-corrected chi connectivity index (χ2v) is 8.31. The average Bonchev–Trinajstić information content (AvgIpc) is 3.09. The molecule has 1 fully saturated rings. The van der Waals surface area contributed by atoms with E-state index < -0.39 is 11.5 Å². The van der Waals surface area contributed by atoms with Crippen molar-refractivity contribution in [1.82, 2.24) is 19.7 Å². The lowest BCUT2D eigenvalue weighted by molar-refractivity contribution is -0.0535. The first-order valence-corrected chi connectivity index (χ1v) is 10.1. The maximum Gasteiger partial charge on any atom is 0.254 e. The Morgan fingerprint density at radius 1 is 1.16 bits per heavy atom. The minimum Gasteiger partial charge on any atom is -0.390 e. The molecule has 0 saturated heterocycles. The van der Waals surface area contributed by atoms with Crippen LogP contribution in [0, 0.1) is 0 Å². The second kappa shape index (κ2) is 6.88. The fraction of sp³-hybridized carbons (Fsp3) is 0.217. The number of nitrogen functional groups attached to an aromatic ring is 1. The van der Waals surface area contributed by atoms with Crippen LogP contribution in [0.1, 0.15) is 36.2 Å². The summed E-state index contributed by atoms with van der Waals surface area (Å²) in [5, 5.41) is 15.6. The van der Waals surface area contributed by atoms with Crippen LogP contribution in [0.15, 0.2) is 54.7 Å². The first-order chi connectivity index (χ1) is 14.8. The van der Waals surface area contributed by atoms with E-state index >= 15 is 0 Å². The Bertz CT molecular complexity index is 1300. The quantitative estimate of drug-likeness (QED) is 0.470. The second-order valence-electron chi connectivity index (χ2n) is 8.31. The molecule has 5 N–H and O–H groups in total. The number of hydrogen-bond donors (Lipinski definition) is 3. The molecular formula is C23H22N6O2. The zero-order valence-electron chi connectivity index (χ0n) is 17.0. The molecule has 8 heteroatoms. The van der Waals surface area contributed by atoms with Gasteiger partial charge in [0, 0.05) is 22.7 Å². The molecule has 8 nitrogen and oxygen atoms in total. The highest BCUT2D eigenvalue weighted by atomic mass is 16.3. The Morgan fingerprint density at radius 3 is 2.58 bits per heavy atom. The highest BCUT2D eigenvalue weighted by Crippen LogP contribution is 2.43.